The van der Waals surface area contributed by atoms with Gasteiger partial charge in [0.2, 0.25) is 0 Å². The molecule has 0 saturated heterocycles. The number of hydrogen-bond donors (Lipinski definition) is 1. The average Bonchev–Trinajstić information content (AvgIpc) is 1.78. The first-order valence-corrected chi connectivity index (χ1v) is 3.05. The molecule has 0 aromatic heterocycles. The maximum absolute atomic E-state index is 10.6. The highest BCUT2D eigenvalue weighted by Crippen LogP contribution is 2.18. The fraction of sp³-hybridized carbons (Fsp3) is 0.571. The van der Waals surface area contributed by atoms with E-state index in [0.717, 1.165) is 0 Å². The first-order valence-electron chi connectivity index (χ1n) is 3.05. The first-order chi connectivity index (χ1) is 4.10. The van der Waals surface area contributed by atoms with Gasteiger partial charge in [-0.1, -0.05) is 0 Å². The highest BCUT2D eigenvalue weighted by Gasteiger charge is 2.21. The predicted octanol–water partition coefficient (Wildman–Crippen LogP) is 0.656. The first kappa shape index (κ1) is 6.49. The van der Waals surface area contributed by atoms with Crippen molar-refractivity contribution in [1.82, 2.24) is 0 Å². The van der Waals surface area contributed by atoms with Gasteiger partial charge < -0.3 is 5.11 Å². The van der Waals surface area contributed by atoms with Crippen LogP contribution in [0, 0.1) is 0 Å². The van der Waals surface area contributed by atoms with Crippen LogP contribution in [-0.4, -0.2) is 16.5 Å². The molecule has 1 atom stereocenters. The van der Waals surface area contributed by atoms with Crippen molar-refractivity contribution in [2.75, 3.05) is 0 Å². The number of ketones is 1. The van der Waals surface area contributed by atoms with E-state index >= 15 is 0 Å². The van der Waals surface area contributed by atoms with Gasteiger partial charge in [-0.05, 0) is 25.5 Å². The van der Waals surface area contributed by atoms with Crippen LogP contribution in [-0.2, 0) is 4.79 Å². The van der Waals surface area contributed by atoms with Crippen molar-refractivity contribution in [3.63, 3.8) is 0 Å². The van der Waals surface area contributed by atoms with E-state index in [4.69, 9.17) is 0 Å². The summed E-state index contributed by atoms with van der Waals surface area (Å²) in [5, 5.41) is 9.25. The number of rotatable bonds is 0. The summed E-state index contributed by atoms with van der Waals surface area (Å²) in [7, 11) is 0. The topological polar surface area (TPSA) is 37.3 Å². The van der Waals surface area contributed by atoms with Crippen LogP contribution < -0.4 is 0 Å². The Labute approximate surface area is 54.2 Å². The molecule has 0 radical (unpaired) electrons. The second-order valence-corrected chi connectivity index (χ2v) is 2.66. The van der Waals surface area contributed by atoms with Gasteiger partial charge in [0, 0.05) is 6.42 Å². The molecule has 1 rings (SSSR count). The Balaban J connectivity index is 2.69. The Morgan fingerprint density at radius 3 is 2.78 bits per heavy atom. The molecular weight excluding hydrogens is 116 g/mol. The van der Waals surface area contributed by atoms with Gasteiger partial charge in [0.1, 0.15) is 0 Å². The molecule has 1 aliphatic carbocycles. The van der Waals surface area contributed by atoms with Crippen LogP contribution in [0.1, 0.15) is 19.8 Å². The lowest BCUT2D eigenvalue weighted by atomic mass is 9.93. The van der Waals surface area contributed by atoms with E-state index in [9.17, 15) is 9.90 Å². The molecule has 0 fully saturated rings. The zero-order valence-corrected chi connectivity index (χ0v) is 5.42. The van der Waals surface area contributed by atoms with Gasteiger partial charge >= 0.3 is 0 Å². The quantitative estimate of drug-likeness (QED) is 0.517. The molecule has 0 bridgehead atoms. The summed E-state index contributed by atoms with van der Waals surface area (Å²) in [6.45, 7) is 1.70. The molecule has 1 N–H and O–H groups in total. The zero-order valence-electron chi connectivity index (χ0n) is 5.42. The average molecular weight is 126 g/mol. The molecule has 2 heteroatoms. The third-order valence-electron chi connectivity index (χ3n) is 1.51. The summed E-state index contributed by atoms with van der Waals surface area (Å²) in [5.74, 6) is 0.113. The molecule has 0 amide bonds. The van der Waals surface area contributed by atoms with Crippen molar-refractivity contribution in [2.45, 2.75) is 25.4 Å². The molecule has 1 unspecified atom stereocenters. The van der Waals surface area contributed by atoms with Gasteiger partial charge in [-0.2, -0.15) is 0 Å². The lowest BCUT2D eigenvalue weighted by molar-refractivity contribution is -0.116. The normalized spacial score (nSPS) is 35.1. The van der Waals surface area contributed by atoms with Crippen molar-refractivity contribution in [3.05, 3.63) is 12.2 Å². The molecule has 0 aromatic carbocycles. The van der Waals surface area contributed by atoms with Gasteiger partial charge in [-0.3, -0.25) is 4.79 Å². The van der Waals surface area contributed by atoms with Crippen LogP contribution >= 0.6 is 0 Å². The summed E-state index contributed by atoms with van der Waals surface area (Å²) in [6.07, 6.45) is 4.04. The Hall–Kier alpha value is -0.630. The lowest BCUT2D eigenvalue weighted by Gasteiger charge is -2.20. The van der Waals surface area contributed by atoms with Crippen molar-refractivity contribution < 1.29 is 9.90 Å². The Bertz CT molecular complexity index is 156. The van der Waals surface area contributed by atoms with E-state index in [-0.39, 0.29) is 5.78 Å². The van der Waals surface area contributed by atoms with Crippen LogP contribution in [0.4, 0.5) is 0 Å². The fourth-order valence-electron chi connectivity index (χ4n) is 0.815. The third-order valence-corrected chi connectivity index (χ3v) is 1.51. The smallest absolute Gasteiger partial charge is 0.155 e. The van der Waals surface area contributed by atoms with Crippen LogP contribution in [0.25, 0.3) is 0 Å². The summed E-state index contributed by atoms with van der Waals surface area (Å²) in [4.78, 5) is 10.6. The van der Waals surface area contributed by atoms with Gasteiger partial charge in [0.05, 0.1) is 5.60 Å². The van der Waals surface area contributed by atoms with Crippen LogP contribution in [0.2, 0.25) is 0 Å². The molecule has 50 valence electrons. The van der Waals surface area contributed by atoms with E-state index in [0.29, 0.717) is 12.8 Å². The SMILES string of the molecule is CC1(O)C=CC(=O)CC1. The minimum Gasteiger partial charge on any atom is -0.386 e. The summed E-state index contributed by atoms with van der Waals surface area (Å²) in [6, 6.07) is 0. The lowest BCUT2D eigenvalue weighted by Crippen LogP contribution is -2.25. The number of allylic oxidation sites excluding steroid dienone is 1. The van der Waals surface area contributed by atoms with Gasteiger partial charge in [0.15, 0.2) is 5.78 Å². The highest BCUT2D eigenvalue weighted by atomic mass is 16.3. The summed E-state index contributed by atoms with van der Waals surface area (Å²) < 4.78 is 0. The predicted molar refractivity (Wildman–Crippen MR) is 34.0 cm³/mol. The van der Waals surface area contributed by atoms with E-state index < -0.39 is 5.60 Å². The molecular formula is C7H10O2. The molecule has 0 aliphatic heterocycles. The Morgan fingerprint density at radius 1 is 1.78 bits per heavy atom. The van der Waals surface area contributed by atoms with Crippen LogP contribution in [0.15, 0.2) is 12.2 Å². The number of carbonyl (C=O) groups excluding carboxylic acids is 1. The van der Waals surface area contributed by atoms with Crippen LogP contribution in [0.3, 0.4) is 0 Å². The van der Waals surface area contributed by atoms with E-state index in [2.05, 4.69) is 0 Å². The second-order valence-electron chi connectivity index (χ2n) is 2.66. The minimum atomic E-state index is -0.742. The molecule has 0 aromatic rings. The maximum atomic E-state index is 10.6. The van der Waals surface area contributed by atoms with Gasteiger partial charge in [-0.15, -0.1) is 0 Å². The number of carbonyl (C=O) groups is 1. The third kappa shape index (κ3) is 1.64. The van der Waals surface area contributed by atoms with Crippen molar-refractivity contribution >= 4 is 5.78 Å². The highest BCUT2D eigenvalue weighted by molar-refractivity contribution is 5.90. The van der Waals surface area contributed by atoms with Gasteiger partial charge in [0.25, 0.3) is 0 Å². The van der Waals surface area contributed by atoms with Gasteiger partial charge in [-0.25, -0.2) is 0 Å². The number of hydrogen-bond acceptors (Lipinski definition) is 2. The van der Waals surface area contributed by atoms with E-state index in [1.807, 2.05) is 0 Å². The summed E-state index contributed by atoms with van der Waals surface area (Å²) in [5.41, 5.74) is -0.742. The molecule has 0 spiro atoms. The molecule has 1 aliphatic rings. The monoisotopic (exact) mass is 126 g/mol. The minimum absolute atomic E-state index is 0.113. The molecule has 9 heavy (non-hydrogen) atoms. The zero-order chi connectivity index (χ0) is 6.91. The molecule has 2 nitrogen and oxygen atoms in total. The van der Waals surface area contributed by atoms with Crippen LogP contribution in [0.5, 0.6) is 0 Å². The van der Waals surface area contributed by atoms with E-state index in [1.165, 1.54) is 6.08 Å². The fourth-order valence-corrected chi connectivity index (χ4v) is 0.815. The largest absolute Gasteiger partial charge is 0.386 e. The Kier molecular flexibility index (Phi) is 1.41. The standard InChI is InChI=1S/C7H10O2/c1-7(9)4-2-6(8)3-5-7/h2,4,9H,3,5H2,1H3. The van der Waals surface area contributed by atoms with Crippen molar-refractivity contribution in [1.29, 1.82) is 0 Å². The second kappa shape index (κ2) is 1.95. The Morgan fingerprint density at radius 2 is 2.44 bits per heavy atom. The molecule has 0 heterocycles. The maximum Gasteiger partial charge on any atom is 0.155 e. The molecule has 0 saturated carbocycles. The van der Waals surface area contributed by atoms with Crippen molar-refractivity contribution in [2.24, 2.45) is 0 Å². The summed E-state index contributed by atoms with van der Waals surface area (Å²) >= 11 is 0. The van der Waals surface area contributed by atoms with Crippen molar-refractivity contribution in [3.8, 4) is 0 Å². The van der Waals surface area contributed by atoms with E-state index in [1.54, 1.807) is 13.0 Å². The number of aliphatic hydroxyl groups is 1.